The molecule has 1 saturated heterocycles. The lowest BCUT2D eigenvalue weighted by atomic mass is 10.1. The molecule has 1 aliphatic rings. The maximum atomic E-state index is 5.46. The number of nitrogens with one attached hydrogen (secondary N) is 2. The van der Waals surface area contributed by atoms with E-state index in [0.717, 1.165) is 58.4 Å². The van der Waals surface area contributed by atoms with Crippen LogP contribution in [0, 0.1) is 0 Å². The number of hydrogen-bond donors (Lipinski definition) is 2. The van der Waals surface area contributed by atoms with Crippen LogP contribution >= 0.6 is 24.0 Å². The molecule has 6 nitrogen and oxygen atoms in total. The van der Waals surface area contributed by atoms with Crippen LogP contribution in [-0.4, -0.2) is 74.3 Å². The van der Waals surface area contributed by atoms with Crippen LogP contribution in [0.25, 0.3) is 0 Å². The van der Waals surface area contributed by atoms with Crippen LogP contribution in [0.5, 0.6) is 0 Å². The molecule has 29 heavy (non-hydrogen) atoms. The largest absolute Gasteiger partial charge is 0.379 e. The molecule has 166 valence electrons. The molecule has 0 aromatic heterocycles. The van der Waals surface area contributed by atoms with Crippen LogP contribution in [0.2, 0.25) is 0 Å². The van der Waals surface area contributed by atoms with E-state index in [0.29, 0.717) is 12.1 Å². The minimum atomic E-state index is 0. The van der Waals surface area contributed by atoms with Crippen molar-refractivity contribution >= 4 is 29.9 Å². The molecule has 0 spiro atoms. The molecule has 0 saturated carbocycles. The van der Waals surface area contributed by atoms with Crippen molar-refractivity contribution in [3.05, 3.63) is 35.4 Å². The van der Waals surface area contributed by atoms with Crippen LogP contribution in [-0.2, 0) is 17.8 Å². The minimum Gasteiger partial charge on any atom is -0.379 e. The fraction of sp³-hybridized carbons (Fsp3) is 0.682. The van der Waals surface area contributed by atoms with E-state index < -0.39 is 0 Å². The van der Waals surface area contributed by atoms with Crippen molar-refractivity contribution in [2.24, 2.45) is 4.99 Å². The van der Waals surface area contributed by atoms with Gasteiger partial charge in [-0.3, -0.25) is 14.8 Å². The van der Waals surface area contributed by atoms with Gasteiger partial charge in [0.15, 0.2) is 5.96 Å². The molecule has 2 N–H and O–H groups in total. The smallest absolute Gasteiger partial charge is 0.191 e. The fourth-order valence-corrected chi connectivity index (χ4v) is 3.70. The molecular formula is C22H40IN5O. The standard InChI is InChI=1S/C22H39N5O.HI/c1-18(2)27(19(3)4)11-10-24-22(23-5)25-16-20-8-6-7-9-21(20)17-26-12-14-28-15-13-26;/h6-9,18-19H,10-17H2,1-5H3,(H2,23,24,25);1H. The summed E-state index contributed by atoms with van der Waals surface area (Å²) in [5.41, 5.74) is 2.70. The van der Waals surface area contributed by atoms with Gasteiger partial charge in [-0.2, -0.15) is 0 Å². The van der Waals surface area contributed by atoms with Crippen LogP contribution in [0.3, 0.4) is 0 Å². The number of ether oxygens (including phenoxy) is 1. The normalized spacial score (nSPS) is 15.7. The van der Waals surface area contributed by atoms with Gasteiger partial charge in [-0.05, 0) is 38.8 Å². The second-order valence-electron chi connectivity index (χ2n) is 7.94. The van der Waals surface area contributed by atoms with E-state index in [9.17, 15) is 0 Å². The fourth-order valence-electron chi connectivity index (χ4n) is 3.70. The van der Waals surface area contributed by atoms with E-state index in [1.54, 1.807) is 0 Å². The molecule has 1 aromatic carbocycles. The molecular weight excluding hydrogens is 477 g/mol. The van der Waals surface area contributed by atoms with E-state index in [4.69, 9.17) is 4.74 Å². The second kappa shape index (κ2) is 14.2. The van der Waals surface area contributed by atoms with E-state index in [1.165, 1.54) is 11.1 Å². The summed E-state index contributed by atoms with van der Waals surface area (Å²) in [7, 11) is 1.83. The Hall–Kier alpha value is -0.900. The Labute approximate surface area is 194 Å². The molecule has 2 rings (SSSR count). The number of nitrogens with zero attached hydrogens (tertiary/aromatic N) is 3. The second-order valence-corrected chi connectivity index (χ2v) is 7.94. The zero-order valence-corrected chi connectivity index (χ0v) is 21.1. The quantitative estimate of drug-likeness (QED) is 0.300. The molecule has 1 heterocycles. The highest BCUT2D eigenvalue weighted by molar-refractivity contribution is 14.0. The van der Waals surface area contributed by atoms with E-state index >= 15 is 0 Å². The van der Waals surface area contributed by atoms with Crippen LogP contribution in [0.4, 0.5) is 0 Å². The van der Waals surface area contributed by atoms with Crippen LogP contribution in [0.15, 0.2) is 29.3 Å². The summed E-state index contributed by atoms with van der Waals surface area (Å²) in [5.74, 6) is 0.855. The van der Waals surface area contributed by atoms with Gasteiger partial charge in [0.1, 0.15) is 0 Å². The number of hydrogen-bond acceptors (Lipinski definition) is 4. The minimum absolute atomic E-state index is 0. The molecule has 1 fully saturated rings. The van der Waals surface area contributed by atoms with Crippen molar-refractivity contribution in [2.75, 3.05) is 46.4 Å². The van der Waals surface area contributed by atoms with Crippen LogP contribution < -0.4 is 10.6 Å². The lowest BCUT2D eigenvalue weighted by Crippen LogP contribution is -2.45. The zero-order valence-electron chi connectivity index (χ0n) is 18.8. The monoisotopic (exact) mass is 517 g/mol. The Morgan fingerprint density at radius 3 is 2.28 bits per heavy atom. The number of benzene rings is 1. The van der Waals surface area contributed by atoms with Crippen molar-refractivity contribution in [2.45, 2.75) is 52.9 Å². The Balaban J connectivity index is 0.00000420. The maximum absolute atomic E-state index is 5.46. The van der Waals surface area contributed by atoms with Gasteiger partial charge in [0, 0.05) is 58.4 Å². The number of aliphatic imine (C=N–C) groups is 1. The lowest BCUT2D eigenvalue weighted by Gasteiger charge is -2.30. The Morgan fingerprint density at radius 1 is 1.07 bits per heavy atom. The van der Waals surface area contributed by atoms with Gasteiger partial charge in [-0.25, -0.2) is 0 Å². The van der Waals surface area contributed by atoms with Crippen molar-refractivity contribution in [1.82, 2.24) is 20.4 Å². The molecule has 7 heteroatoms. The molecule has 0 radical (unpaired) electrons. The van der Waals surface area contributed by atoms with Gasteiger partial charge < -0.3 is 15.4 Å². The Kier molecular flexibility index (Phi) is 12.8. The number of rotatable bonds is 9. The number of guanidine groups is 1. The van der Waals surface area contributed by atoms with Crippen molar-refractivity contribution in [1.29, 1.82) is 0 Å². The first-order valence-electron chi connectivity index (χ1n) is 10.6. The first kappa shape index (κ1) is 26.1. The first-order chi connectivity index (χ1) is 13.5. The first-order valence-corrected chi connectivity index (χ1v) is 10.6. The third-order valence-electron chi connectivity index (χ3n) is 5.27. The number of halogens is 1. The van der Waals surface area contributed by atoms with Crippen LogP contribution in [0.1, 0.15) is 38.8 Å². The number of morpholine rings is 1. The topological polar surface area (TPSA) is 52.1 Å². The van der Waals surface area contributed by atoms with E-state index in [-0.39, 0.29) is 24.0 Å². The highest BCUT2D eigenvalue weighted by Gasteiger charge is 2.14. The third-order valence-corrected chi connectivity index (χ3v) is 5.27. The van der Waals surface area contributed by atoms with Gasteiger partial charge >= 0.3 is 0 Å². The van der Waals surface area contributed by atoms with Gasteiger partial charge in [-0.15, -0.1) is 24.0 Å². The van der Waals surface area contributed by atoms with Gasteiger partial charge in [-0.1, -0.05) is 24.3 Å². The lowest BCUT2D eigenvalue weighted by molar-refractivity contribution is 0.0341. The zero-order chi connectivity index (χ0) is 20.4. The molecule has 0 amide bonds. The molecule has 0 atom stereocenters. The summed E-state index contributed by atoms with van der Waals surface area (Å²) in [5, 5.41) is 6.92. The molecule has 1 aromatic rings. The van der Waals surface area contributed by atoms with Gasteiger partial charge in [0.25, 0.3) is 0 Å². The van der Waals surface area contributed by atoms with E-state index in [2.05, 4.69) is 77.4 Å². The Bertz CT molecular complexity index is 595. The van der Waals surface area contributed by atoms with Gasteiger partial charge in [0.2, 0.25) is 0 Å². The van der Waals surface area contributed by atoms with E-state index in [1.807, 2.05) is 7.05 Å². The predicted octanol–water partition coefficient (Wildman–Crippen LogP) is 2.92. The summed E-state index contributed by atoms with van der Waals surface area (Å²) in [6, 6.07) is 9.76. The summed E-state index contributed by atoms with van der Waals surface area (Å²) in [6.07, 6.45) is 0. The Morgan fingerprint density at radius 2 is 1.69 bits per heavy atom. The molecule has 0 aliphatic carbocycles. The third kappa shape index (κ3) is 9.19. The maximum Gasteiger partial charge on any atom is 0.191 e. The molecule has 1 aliphatic heterocycles. The highest BCUT2D eigenvalue weighted by Crippen LogP contribution is 2.13. The van der Waals surface area contributed by atoms with Crippen molar-refractivity contribution in [3.8, 4) is 0 Å². The predicted molar refractivity (Wildman–Crippen MR) is 133 cm³/mol. The SMILES string of the molecule is CN=C(NCCN(C(C)C)C(C)C)NCc1ccccc1CN1CCOCC1.I. The average molecular weight is 518 g/mol. The van der Waals surface area contributed by atoms with Crippen molar-refractivity contribution in [3.63, 3.8) is 0 Å². The molecule has 0 unspecified atom stereocenters. The summed E-state index contributed by atoms with van der Waals surface area (Å²) in [4.78, 5) is 9.33. The van der Waals surface area contributed by atoms with Gasteiger partial charge in [0.05, 0.1) is 13.2 Å². The summed E-state index contributed by atoms with van der Waals surface area (Å²) >= 11 is 0. The summed E-state index contributed by atoms with van der Waals surface area (Å²) in [6.45, 7) is 16.3. The van der Waals surface area contributed by atoms with Crippen molar-refractivity contribution < 1.29 is 4.74 Å². The average Bonchev–Trinajstić information content (AvgIpc) is 2.68. The summed E-state index contributed by atoms with van der Waals surface area (Å²) < 4.78 is 5.46. The molecule has 0 bridgehead atoms. The highest BCUT2D eigenvalue weighted by atomic mass is 127.